The second kappa shape index (κ2) is 7.83. The second-order valence-corrected chi connectivity index (χ2v) is 6.24. The van der Waals surface area contributed by atoms with E-state index in [1.54, 1.807) is 7.11 Å². The van der Waals surface area contributed by atoms with Crippen LogP contribution < -0.4 is 10.1 Å². The number of ether oxygens (including phenoxy) is 1. The molecule has 0 heterocycles. The van der Waals surface area contributed by atoms with Crippen molar-refractivity contribution in [3.8, 4) is 5.75 Å². The average Bonchev–Trinajstić information content (AvgIpc) is 2.49. The molecule has 2 aromatic rings. The minimum atomic E-state index is 0.291. The Bertz CT molecular complexity index is 586. The van der Waals surface area contributed by atoms with Crippen molar-refractivity contribution in [3.63, 3.8) is 0 Å². The monoisotopic (exact) mass is 367 g/mol. The molecule has 0 spiro atoms. The molecule has 1 unspecified atom stereocenters. The molecule has 2 nitrogen and oxygen atoms in total. The van der Waals surface area contributed by atoms with E-state index in [1.807, 2.05) is 18.2 Å². The molecule has 0 aliphatic rings. The first-order chi connectivity index (χ1) is 10.1. The van der Waals surface area contributed by atoms with Gasteiger partial charge in [0, 0.05) is 11.1 Å². The third-order valence-electron chi connectivity index (χ3n) is 3.45. The molecular formula is C17H19BrClNO. The van der Waals surface area contributed by atoms with Crippen LogP contribution >= 0.6 is 27.5 Å². The lowest BCUT2D eigenvalue weighted by molar-refractivity contribution is 0.411. The summed E-state index contributed by atoms with van der Waals surface area (Å²) in [6.45, 7) is 3.09. The van der Waals surface area contributed by atoms with Gasteiger partial charge in [0.1, 0.15) is 5.75 Å². The zero-order chi connectivity index (χ0) is 15.2. The summed E-state index contributed by atoms with van der Waals surface area (Å²) in [5, 5.41) is 4.31. The molecule has 0 fully saturated rings. The average molecular weight is 369 g/mol. The van der Waals surface area contributed by atoms with Crippen LogP contribution in [0.1, 0.15) is 24.1 Å². The minimum absolute atomic E-state index is 0.291. The third kappa shape index (κ3) is 4.73. The fourth-order valence-corrected chi connectivity index (χ4v) is 2.84. The lowest BCUT2D eigenvalue weighted by atomic mass is 10.1. The number of hydrogen-bond acceptors (Lipinski definition) is 2. The SMILES string of the molecule is COc1ccc(C(C)NCCc2ccc(Cl)cc2)cc1Br. The van der Waals surface area contributed by atoms with Crippen LogP contribution in [-0.2, 0) is 6.42 Å². The molecule has 0 aliphatic heterocycles. The number of nitrogens with one attached hydrogen (secondary N) is 1. The summed E-state index contributed by atoms with van der Waals surface area (Å²) in [5.41, 5.74) is 2.52. The van der Waals surface area contributed by atoms with Gasteiger partial charge in [-0.2, -0.15) is 0 Å². The molecular weight excluding hydrogens is 350 g/mol. The van der Waals surface area contributed by atoms with Gasteiger partial charge in [0.25, 0.3) is 0 Å². The normalized spacial score (nSPS) is 12.2. The smallest absolute Gasteiger partial charge is 0.133 e. The third-order valence-corrected chi connectivity index (χ3v) is 4.32. The van der Waals surface area contributed by atoms with Crippen LogP contribution in [0, 0.1) is 0 Å². The van der Waals surface area contributed by atoms with E-state index in [1.165, 1.54) is 11.1 Å². The summed E-state index contributed by atoms with van der Waals surface area (Å²) in [6, 6.07) is 14.5. The van der Waals surface area contributed by atoms with E-state index in [4.69, 9.17) is 16.3 Å². The van der Waals surface area contributed by atoms with Gasteiger partial charge in [-0.1, -0.05) is 29.8 Å². The van der Waals surface area contributed by atoms with Crippen molar-refractivity contribution in [1.82, 2.24) is 5.32 Å². The summed E-state index contributed by atoms with van der Waals surface area (Å²) < 4.78 is 6.23. The van der Waals surface area contributed by atoms with Crippen LogP contribution in [0.15, 0.2) is 46.9 Å². The highest BCUT2D eigenvalue weighted by Crippen LogP contribution is 2.27. The molecule has 0 radical (unpaired) electrons. The quantitative estimate of drug-likeness (QED) is 0.774. The first-order valence-corrected chi connectivity index (χ1v) is 8.08. The molecule has 0 amide bonds. The van der Waals surface area contributed by atoms with Gasteiger partial charge in [0.05, 0.1) is 11.6 Å². The standard InChI is InChI=1S/C17H19BrClNO/c1-12(14-5-8-17(21-2)16(18)11-14)20-10-9-13-3-6-15(19)7-4-13/h3-8,11-12,20H,9-10H2,1-2H3. The first kappa shape index (κ1) is 16.3. The number of rotatable bonds is 6. The fourth-order valence-electron chi connectivity index (χ4n) is 2.15. The Morgan fingerprint density at radius 2 is 1.90 bits per heavy atom. The van der Waals surface area contributed by atoms with Gasteiger partial charge < -0.3 is 10.1 Å². The van der Waals surface area contributed by atoms with Crippen LogP contribution in [0.5, 0.6) is 5.75 Å². The Morgan fingerprint density at radius 1 is 1.19 bits per heavy atom. The Morgan fingerprint density at radius 3 is 2.52 bits per heavy atom. The molecule has 1 atom stereocenters. The Labute approximate surface area is 139 Å². The highest BCUT2D eigenvalue weighted by atomic mass is 79.9. The van der Waals surface area contributed by atoms with E-state index >= 15 is 0 Å². The van der Waals surface area contributed by atoms with Gasteiger partial charge in [0.2, 0.25) is 0 Å². The number of benzene rings is 2. The molecule has 21 heavy (non-hydrogen) atoms. The molecule has 112 valence electrons. The molecule has 0 saturated carbocycles. The molecule has 0 bridgehead atoms. The zero-order valence-electron chi connectivity index (χ0n) is 12.2. The summed E-state index contributed by atoms with van der Waals surface area (Å²) in [7, 11) is 1.67. The van der Waals surface area contributed by atoms with E-state index in [2.05, 4.69) is 52.4 Å². The maximum atomic E-state index is 5.89. The Hall–Kier alpha value is -1.03. The van der Waals surface area contributed by atoms with E-state index < -0.39 is 0 Å². The van der Waals surface area contributed by atoms with Crippen LogP contribution in [-0.4, -0.2) is 13.7 Å². The molecule has 2 rings (SSSR count). The molecule has 2 aromatic carbocycles. The van der Waals surface area contributed by atoms with Crippen molar-refractivity contribution in [3.05, 3.63) is 63.1 Å². The molecule has 0 aliphatic carbocycles. The topological polar surface area (TPSA) is 21.3 Å². The van der Waals surface area contributed by atoms with Crippen molar-refractivity contribution in [2.45, 2.75) is 19.4 Å². The minimum Gasteiger partial charge on any atom is -0.496 e. The van der Waals surface area contributed by atoms with Crippen molar-refractivity contribution in [1.29, 1.82) is 0 Å². The maximum absolute atomic E-state index is 5.89. The van der Waals surface area contributed by atoms with Gasteiger partial charge in [0.15, 0.2) is 0 Å². The van der Waals surface area contributed by atoms with E-state index in [0.717, 1.165) is 28.2 Å². The lowest BCUT2D eigenvalue weighted by Gasteiger charge is -2.15. The number of halogens is 2. The highest BCUT2D eigenvalue weighted by molar-refractivity contribution is 9.10. The predicted octanol–water partition coefficient (Wildman–Crippen LogP) is 5.00. The highest BCUT2D eigenvalue weighted by Gasteiger charge is 2.07. The number of hydrogen-bond donors (Lipinski definition) is 1. The van der Waals surface area contributed by atoms with Crippen molar-refractivity contribution in [2.75, 3.05) is 13.7 Å². The Kier molecular flexibility index (Phi) is 6.09. The van der Waals surface area contributed by atoms with Crippen molar-refractivity contribution < 1.29 is 4.74 Å². The summed E-state index contributed by atoms with van der Waals surface area (Å²) >= 11 is 9.41. The summed E-state index contributed by atoms with van der Waals surface area (Å²) in [6.07, 6.45) is 0.985. The van der Waals surface area contributed by atoms with Gasteiger partial charge in [-0.3, -0.25) is 0 Å². The van der Waals surface area contributed by atoms with Crippen molar-refractivity contribution >= 4 is 27.5 Å². The number of methoxy groups -OCH3 is 1. The van der Waals surface area contributed by atoms with Gasteiger partial charge in [-0.25, -0.2) is 0 Å². The van der Waals surface area contributed by atoms with Gasteiger partial charge in [-0.05, 0) is 71.2 Å². The van der Waals surface area contributed by atoms with E-state index in [-0.39, 0.29) is 0 Å². The van der Waals surface area contributed by atoms with Crippen molar-refractivity contribution in [2.24, 2.45) is 0 Å². The maximum Gasteiger partial charge on any atom is 0.133 e. The molecule has 4 heteroatoms. The van der Waals surface area contributed by atoms with Crippen LogP contribution in [0.2, 0.25) is 5.02 Å². The predicted molar refractivity (Wildman–Crippen MR) is 92.3 cm³/mol. The van der Waals surface area contributed by atoms with Crippen LogP contribution in [0.4, 0.5) is 0 Å². The molecule has 0 saturated heterocycles. The first-order valence-electron chi connectivity index (χ1n) is 6.91. The zero-order valence-corrected chi connectivity index (χ0v) is 14.5. The second-order valence-electron chi connectivity index (χ2n) is 4.95. The van der Waals surface area contributed by atoms with Crippen LogP contribution in [0.3, 0.4) is 0 Å². The Balaban J connectivity index is 1.88. The van der Waals surface area contributed by atoms with Gasteiger partial charge in [-0.15, -0.1) is 0 Å². The molecule has 1 N–H and O–H groups in total. The largest absolute Gasteiger partial charge is 0.496 e. The summed E-state index contributed by atoms with van der Waals surface area (Å²) in [4.78, 5) is 0. The van der Waals surface area contributed by atoms with E-state index in [9.17, 15) is 0 Å². The summed E-state index contributed by atoms with van der Waals surface area (Å²) in [5.74, 6) is 0.854. The van der Waals surface area contributed by atoms with Gasteiger partial charge >= 0.3 is 0 Å². The van der Waals surface area contributed by atoms with Crippen LogP contribution in [0.25, 0.3) is 0 Å². The van der Waals surface area contributed by atoms with E-state index in [0.29, 0.717) is 6.04 Å². The fraction of sp³-hybridized carbons (Fsp3) is 0.294. The molecule has 0 aromatic heterocycles. The lowest BCUT2D eigenvalue weighted by Crippen LogP contribution is -2.21.